The Balaban J connectivity index is 2.23. The summed E-state index contributed by atoms with van der Waals surface area (Å²) in [6, 6.07) is 0. The molecule has 0 saturated heterocycles. The lowest BCUT2D eigenvalue weighted by Crippen LogP contribution is -2.18. The molecule has 0 spiro atoms. The minimum atomic E-state index is -2.90. The number of hydrogen-bond donors (Lipinski definition) is 0. The zero-order valence-corrected chi connectivity index (χ0v) is 10.2. The normalized spacial score (nSPS) is 19.0. The first-order chi connectivity index (χ1) is 6.99. The molecule has 1 rings (SSSR count). The van der Waals surface area contributed by atoms with Crippen LogP contribution in [-0.4, -0.2) is 26.2 Å². The molecule has 0 N–H and O–H groups in total. The molecule has 0 amide bonds. The maximum atomic E-state index is 11.7. The van der Waals surface area contributed by atoms with Crippen molar-refractivity contribution in [3.63, 3.8) is 0 Å². The third kappa shape index (κ3) is 5.30. The smallest absolute Gasteiger partial charge is 0.147 e. The first-order valence-corrected chi connectivity index (χ1v) is 7.75. The Labute approximate surface area is 92.2 Å². The Morgan fingerprint density at radius 3 is 2.33 bits per heavy atom. The summed E-state index contributed by atoms with van der Waals surface area (Å²) in [6.45, 7) is 0. The Bertz CT molecular complexity index is 300. The van der Waals surface area contributed by atoms with Crippen molar-refractivity contribution in [3.05, 3.63) is 0 Å². The summed E-state index contributed by atoms with van der Waals surface area (Å²) in [5.41, 5.74) is 0. The molecule has 1 fully saturated rings. The molecule has 0 unspecified atom stereocenters. The molecule has 15 heavy (non-hydrogen) atoms. The molecule has 0 aliphatic heterocycles. The predicted molar refractivity (Wildman–Crippen MR) is 60.5 cm³/mol. The number of carbonyl (C=O) groups excluding carboxylic acids is 1. The summed E-state index contributed by atoms with van der Waals surface area (Å²) in [5.74, 6) is 0.641. The molecule has 0 heterocycles. The molecule has 3 nitrogen and oxygen atoms in total. The van der Waals surface area contributed by atoms with Crippen molar-refractivity contribution in [2.75, 3.05) is 12.0 Å². The Morgan fingerprint density at radius 1 is 1.20 bits per heavy atom. The summed E-state index contributed by atoms with van der Waals surface area (Å²) in [4.78, 5) is 11.7. The van der Waals surface area contributed by atoms with Crippen LogP contribution in [0.3, 0.4) is 0 Å². The van der Waals surface area contributed by atoms with Crippen LogP contribution in [0.1, 0.15) is 44.9 Å². The fourth-order valence-corrected chi connectivity index (χ4v) is 2.81. The Hall–Kier alpha value is -0.380. The second kappa shape index (κ2) is 5.64. The zero-order chi connectivity index (χ0) is 11.3. The van der Waals surface area contributed by atoms with E-state index in [0.29, 0.717) is 12.8 Å². The zero-order valence-electron chi connectivity index (χ0n) is 9.37. The number of ketones is 1. The lowest BCUT2D eigenvalue weighted by atomic mass is 9.85. The van der Waals surface area contributed by atoms with Crippen molar-refractivity contribution in [2.24, 2.45) is 5.92 Å². The van der Waals surface area contributed by atoms with Crippen LogP contribution in [0.2, 0.25) is 0 Å². The number of sulfone groups is 1. The van der Waals surface area contributed by atoms with E-state index in [4.69, 9.17) is 0 Å². The predicted octanol–water partition coefficient (Wildman–Crippen LogP) is 1.96. The van der Waals surface area contributed by atoms with E-state index in [-0.39, 0.29) is 17.5 Å². The van der Waals surface area contributed by atoms with Gasteiger partial charge in [0, 0.05) is 18.6 Å². The summed E-state index contributed by atoms with van der Waals surface area (Å²) >= 11 is 0. The number of hydrogen-bond acceptors (Lipinski definition) is 3. The van der Waals surface area contributed by atoms with E-state index in [1.54, 1.807) is 0 Å². The van der Waals surface area contributed by atoms with Gasteiger partial charge in [0.1, 0.15) is 15.6 Å². The lowest BCUT2D eigenvalue weighted by molar-refractivity contribution is -0.123. The average molecular weight is 232 g/mol. The van der Waals surface area contributed by atoms with E-state index in [1.165, 1.54) is 12.7 Å². The second-order valence-electron chi connectivity index (χ2n) is 4.53. The average Bonchev–Trinajstić information content (AvgIpc) is 2.17. The van der Waals surface area contributed by atoms with Gasteiger partial charge in [-0.2, -0.15) is 0 Å². The highest BCUT2D eigenvalue weighted by molar-refractivity contribution is 7.90. The fraction of sp³-hybridized carbons (Fsp3) is 0.909. The molecule has 4 heteroatoms. The number of rotatable bonds is 5. The van der Waals surface area contributed by atoms with Crippen molar-refractivity contribution in [1.82, 2.24) is 0 Å². The highest BCUT2D eigenvalue weighted by atomic mass is 32.2. The third-order valence-corrected chi connectivity index (χ3v) is 4.03. The van der Waals surface area contributed by atoms with E-state index in [0.717, 1.165) is 25.7 Å². The van der Waals surface area contributed by atoms with Gasteiger partial charge in [0.2, 0.25) is 0 Å². The molecule has 0 bridgehead atoms. The summed E-state index contributed by atoms with van der Waals surface area (Å²) < 4.78 is 21.8. The topological polar surface area (TPSA) is 51.2 Å². The molecule has 0 aromatic carbocycles. The van der Waals surface area contributed by atoms with Crippen LogP contribution in [0.4, 0.5) is 0 Å². The van der Waals surface area contributed by atoms with Crippen molar-refractivity contribution in [2.45, 2.75) is 44.9 Å². The molecule has 1 aliphatic carbocycles. The highest BCUT2D eigenvalue weighted by Crippen LogP contribution is 2.25. The Kier molecular flexibility index (Phi) is 4.77. The van der Waals surface area contributed by atoms with Gasteiger partial charge in [-0.25, -0.2) is 8.42 Å². The molecule has 88 valence electrons. The summed E-state index contributed by atoms with van der Waals surface area (Å²) in [6.07, 6.45) is 7.73. The Morgan fingerprint density at radius 2 is 1.80 bits per heavy atom. The van der Waals surface area contributed by atoms with Gasteiger partial charge in [-0.3, -0.25) is 4.79 Å². The standard InChI is InChI=1S/C11H20O3S/c1-15(13,14)9-5-8-11(12)10-6-3-2-4-7-10/h10H,2-9H2,1H3. The summed E-state index contributed by atoms with van der Waals surface area (Å²) in [7, 11) is -2.90. The van der Waals surface area contributed by atoms with E-state index >= 15 is 0 Å². The largest absolute Gasteiger partial charge is 0.299 e. The second-order valence-corrected chi connectivity index (χ2v) is 6.79. The maximum Gasteiger partial charge on any atom is 0.147 e. The van der Waals surface area contributed by atoms with E-state index in [9.17, 15) is 13.2 Å². The number of carbonyl (C=O) groups is 1. The molecule has 0 aromatic rings. The van der Waals surface area contributed by atoms with Crippen LogP contribution in [0.15, 0.2) is 0 Å². The van der Waals surface area contributed by atoms with E-state index < -0.39 is 9.84 Å². The van der Waals surface area contributed by atoms with Gasteiger partial charge >= 0.3 is 0 Å². The van der Waals surface area contributed by atoms with Gasteiger partial charge in [0.25, 0.3) is 0 Å². The van der Waals surface area contributed by atoms with Crippen molar-refractivity contribution >= 4 is 15.6 Å². The van der Waals surface area contributed by atoms with Crippen LogP contribution in [-0.2, 0) is 14.6 Å². The van der Waals surface area contributed by atoms with Crippen LogP contribution < -0.4 is 0 Å². The maximum absolute atomic E-state index is 11.7. The highest BCUT2D eigenvalue weighted by Gasteiger charge is 2.20. The van der Waals surface area contributed by atoms with Crippen molar-refractivity contribution < 1.29 is 13.2 Å². The molecule has 0 radical (unpaired) electrons. The first-order valence-electron chi connectivity index (χ1n) is 5.69. The van der Waals surface area contributed by atoms with Crippen molar-refractivity contribution in [3.8, 4) is 0 Å². The SMILES string of the molecule is CS(=O)(=O)CCCC(=O)C1CCCCC1. The van der Waals surface area contributed by atoms with Crippen LogP contribution in [0, 0.1) is 5.92 Å². The van der Waals surface area contributed by atoms with Crippen LogP contribution in [0.5, 0.6) is 0 Å². The van der Waals surface area contributed by atoms with E-state index in [1.807, 2.05) is 0 Å². The molecule has 1 saturated carbocycles. The van der Waals surface area contributed by atoms with Gasteiger partial charge < -0.3 is 0 Å². The van der Waals surface area contributed by atoms with Gasteiger partial charge in [0.05, 0.1) is 5.75 Å². The molecule has 0 atom stereocenters. The van der Waals surface area contributed by atoms with Crippen LogP contribution in [0.25, 0.3) is 0 Å². The monoisotopic (exact) mass is 232 g/mol. The minimum absolute atomic E-state index is 0.144. The summed E-state index contributed by atoms with van der Waals surface area (Å²) in [5, 5.41) is 0. The molecular weight excluding hydrogens is 212 g/mol. The third-order valence-electron chi connectivity index (χ3n) is 3.00. The quantitative estimate of drug-likeness (QED) is 0.728. The molecular formula is C11H20O3S. The van der Waals surface area contributed by atoms with Gasteiger partial charge in [0.15, 0.2) is 0 Å². The molecule has 1 aliphatic rings. The van der Waals surface area contributed by atoms with Gasteiger partial charge in [-0.05, 0) is 19.3 Å². The van der Waals surface area contributed by atoms with E-state index in [2.05, 4.69) is 0 Å². The fourth-order valence-electron chi connectivity index (χ4n) is 2.14. The minimum Gasteiger partial charge on any atom is -0.299 e. The lowest BCUT2D eigenvalue weighted by Gasteiger charge is -2.19. The van der Waals surface area contributed by atoms with Crippen molar-refractivity contribution in [1.29, 1.82) is 0 Å². The molecule has 0 aromatic heterocycles. The number of Topliss-reactive ketones (excluding diaryl/α,β-unsaturated/α-hetero) is 1. The van der Waals surface area contributed by atoms with Gasteiger partial charge in [-0.15, -0.1) is 0 Å². The first kappa shape index (κ1) is 12.7. The van der Waals surface area contributed by atoms with Crippen LogP contribution >= 0.6 is 0 Å². The van der Waals surface area contributed by atoms with Gasteiger partial charge in [-0.1, -0.05) is 19.3 Å².